The molecule has 0 atom stereocenters. The van der Waals surface area contributed by atoms with Gasteiger partial charge in [0, 0.05) is 13.1 Å². The summed E-state index contributed by atoms with van der Waals surface area (Å²) in [5.41, 5.74) is 3.36. The third kappa shape index (κ3) is 4.83. The van der Waals surface area contributed by atoms with Crippen molar-refractivity contribution >= 4 is 15.9 Å². The molecule has 4 rings (SSSR count). The van der Waals surface area contributed by atoms with Crippen LogP contribution in [0, 0.1) is 0 Å². The first-order chi connectivity index (χ1) is 14.2. The van der Waals surface area contributed by atoms with Crippen molar-refractivity contribution in [3.63, 3.8) is 0 Å². The highest BCUT2D eigenvalue weighted by Gasteiger charge is 2.15. The van der Waals surface area contributed by atoms with Crippen LogP contribution in [0.1, 0.15) is 16.7 Å². The average Bonchev–Trinajstić information content (AvgIpc) is 3.21. The minimum atomic E-state index is 0.263. The van der Waals surface area contributed by atoms with Crippen LogP contribution in [-0.4, -0.2) is 13.9 Å². The largest absolute Gasteiger partial charge is 0.493 e. The zero-order valence-corrected chi connectivity index (χ0v) is 17.7. The number of ether oxygens (including phenoxy) is 4. The fourth-order valence-corrected chi connectivity index (χ4v) is 3.75. The van der Waals surface area contributed by atoms with Gasteiger partial charge in [0.2, 0.25) is 6.79 Å². The molecule has 0 aliphatic carbocycles. The first kappa shape index (κ1) is 19.6. The van der Waals surface area contributed by atoms with E-state index in [1.807, 2.05) is 42.5 Å². The molecule has 0 fully saturated rings. The second kappa shape index (κ2) is 9.20. The summed E-state index contributed by atoms with van der Waals surface area (Å²) >= 11 is 3.62. The van der Waals surface area contributed by atoms with Gasteiger partial charge in [-0.1, -0.05) is 36.4 Å². The van der Waals surface area contributed by atoms with E-state index in [0.717, 1.165) is 40.2 Å². The van der Waals surface area contributed by atoms with Crippen LogP contribution >= 0.6 is 15.9 Å². The van der Waals surface area contributed by atoms with E-state index in [2.05, 4.69) is 39.4 Å². The molecule has 0 radical (unpaired) electrons. The van der Waals surface area contributed by atoms with Crippen molar-refractivity contribution in [2.24, 2.45) is 0 Å². The lowest BCUT2D eigenvalue weighted by Gasteiger charge is -2.15. The molecule has 6 heteroatoms. The van der Waals surface area contributed by atoms with Crippen molar-refractivity contribution in [3.8, 4) is 23.0 Å². The number of nitrogens with one attached hydrogen (secondary N) is 1. The van der Waals surface area contributed by atoms with Gasteiger partial charge in [0.15, 0.2) is 23.0 Å². The van der Waals surface area contributed by atoms with Gasteiger partial charge < -0.3 is 24.3 Å². The molecule has 0 aromatic heterocycles. The molecule has 1 heterocycles. The summed E-state index contributed by atoms with van der Waals surface area (Å²) in [5.74, 6) is 2.88. The quantitative estimate of drug-likeness (QED) is 0.514. The van der Waals surface area contributed by atoms with Gasteiger partial charge in [0.25, 0.3) is 0 Å². The summed E-state index contributed by atoms with van der Waals surface area (Å²) in [5, 5.41) is 3.45. The molecular weight excluding hydrogens is 434 g/mol. The van der Waals surface area contributed by atoms with Crippen LogP contribution in [0.4, 0.5) is 0 Å². The third-order valence-corrected chi connectivity index (χ3v) is 5.20. The monoisotopic (exact) mass is 455 g/mol. The van der Waals surface area contributed by atoms with Crippen molar-refractivity contribution in [1.29, 1.82) is 0 Å². The molecule has 3 aromatic carbocycles. The number of hydrogen-bond acceptors (Lipinski definition) is 5. The summed E-state index contributed by atoms with van der Waals surface area (Å²) in [6.07, 6.45) is 0. The van der Waals surface area contributed by atoms with Gasteiger partial charge in [-0.15, -0.1) is 0 Å². The lowest BCUT2D eigenvalue weighted by atomic mass is 10.1. The summed E-state index contributed by atoms with van der Waals surface area (Å²) in [7, 11) is 1.65. The predicted molar refractivity (Wildman–Crippen MR) is 115 cm³/mol. The third-order valence-electron chi connectivity index (χ3n) is 4.61. The fourth-order valence-electron chi connectivity index (χ4n) is 3.15. The molecular formula is C23H22BrNO4. The van der Waals surface area contributed by atoms with E-state index < -0.39 is 0 Å². The molecule has 1 aliphatic rings. The minimum Gasteiger partial charge on any atom is -0.493 e. The number of hydrogen-bond donors (Lipinski definition) is 1. The number of rotatable bonds is 8. The summed E-state index contributed by atoms with van der Waals surface area (Å²) in [4.78, 5) is 0. The maximum atomic E-state index is 6.04. The summed E-state index contributed by atoms with van der Waals surface area (Å²) < 4.78 is 23.2. The Labute approximate surface area is 178 Å². The molecule has 0 unspecified atom stereocenters. The Morgan fingerprint density at radius 3 is 2.52 bits per heavy atom. The smallest absolute Gasteiger partial charge is 0.231 e. The lowest BCUT2D eigenvalue weighted by molar-refractivity contribution is 0.174. The van der Waals surface area contributed by atoms with Crippen LogP contribution in [-0.2, 0) is 19.7 Å². The molecule has 3 aromatic rings. The van der Waals surface area contributed by atoms with Crippen LogP contribution in [0.5, 0.6) is 23.0 Å². The number of benzene rings is 3. The summed E-state index contributed by atoms with van der Waals surface area (Å²) in [6, 6.07) is 20.2. The van der Waals surface area contributed by atoms with Gasteiger partial charge in [0.1, 0.15) is 6.61 Å². The zero-order chi connectivity index (χ0) is 20.1. The Kier molecular flexibility index (Phi) is 6.22. The van der Waals surface area contributed by atoms with Crippen molar-refractivity contribution < 1.29 is 18.9 Å². The first-order valence-corrected chi connectivity index (χ1v) is 10.1. The van der Waals surface area contributed by atoms with Crippen molar-refractivity contribution in [3.05, 3.63) is 81.8 Å². The van der Waals surface area contributed by atoms with Gasteiger partial charge in [-0.3, -0.25) is 0 Å². The number of fused-ring (bicyclic) bond motifs is 1. The highest BCUT2D eigenvalue weighted by Crippen LogP contribution is 2.38. The average molecular weight is 456 g/mol. The van der Waals surface area contributed by atoms with Gasteiger partial charge in [-0.05, 0) is 56.9 Å². The molecule has 0 spiro atoms. The molecule has 1 aliphatic heterocycles. The zero-order valence-electron chi connectivity index (χ0n) is 16.1. The van der Waals surface area contributed by atoms with E-state index in [-0.39, 0.29) is 6.79 Å². The Bertz CT molecular complexity index is 978. The SMILES string of the molecule is COc1cc(CNCc2ccccc2)cc(Br)c1OCc1ccc2c(c1)OCO2. The van der Waals surface area contributed by atoms with E-state index >= 15 is 0 Å². The Morgan fingerprint density at radius 2 is 1.69 bits per heavy atom. The molecule has 5 nitrogen and oxygen atoms in total. The lowest BCUT2D eigenvalue weighted by Crippen LogP contribution is -2.12. The molecule has 29 heavy (non-hydrogen) atoms. The topological polar surface area (TPSA) is 49.0 Å². The van der Waals surface area contributed by atoms with Gasteiger partial charge in [-0.2, -0.15) is 0 Å². The van der Waals surface area contributed by atoms with Crippen LogP contribution in [0.25, 0.3) is 0 Å². The van der Waals surface area contributed by atoms with Gasteiger partial charge >= 0.3 is 0 Å². The Hall–Kier alpha value is -2.70. The van der Waals surface area contributed by atoms with Gasteiger partial charge in [-0.25, -0.2) is 0 Å². The maximum absolute atomic E-state index is 6.04. The van der Waals surface area contributed by atoms with Crippen molar-refractivity contribution in [1.82, 2.24) is 5.32 Å². The highest BCUT2D eigenvalue weighted by molar-refractivity contribution is 9.10. The Morgan fingerprint density at radius 1 is 0.897 bits per heavy atom. The first-order valence-electron chi connectivity index (χ1n) is 9.35. The number of halogens is 1. The molecule has 0 bridgehead atoms. The van der Waals surface area contributed by atoms with E-state index in [1.165, 1.54) is 5.56 Å². The second-order valence-corrected chi connectivity index (χ2v) is 7.53. The predicted octanol–water partition coefficient (Wildman–Crippen LogP) is 5.06. The number of methoxy groups -OCH3 is 1. The molecule has 0 saturated heterocycles. The van der Waals surface area contributed by atoms with E-state index in [4.69, 9.17) is 18.9 Å². The maximum Gasteiger partial charge on any atom is 0.231 e. The van der Waals surface area contributed by atoms with Crippen LogP contribution in [0.3, 0.4) is 0 Å². The second-order valence-electron chi connectivity index (χ2n) is 6.67. The molecule has 1 N–H and O–H groups in total. The van der Waals surface area contributed by atoms with Gasteiger partial charge in [0.05, 0.1) is 11.6 Å². The van der Waals surface area contributed by atoms with Crippen LogP contribution < -0.4 is 24.3 Å². The van der Waals surface area contributed by atoms with Crippen LogP contribution in [0.2, 0.25) is 0 Å². The van der Waals surface area contributed by atoms with Crippen molar-refractivity contribution in [2.45, 2.75) is 19.7 Å². The highest BCUT2D eigenvalue weighted by atomic mass is 79.9. The van der Waals surface area contributed by atoms with E-state index in [1.54, 1.807) is 7.11 Å². The van der Waals surface area contributed by atoms with Crippen LogP contribution in [0.15, 0.2) is 65.1 Å². The molecule has 0 amide bonds. The van der Waals surface area contributed by atoms with Crippen molar-refractivity contribution in [2.75, 3.05) is 13.9 Å². The standard InChI is InChI=1S/C23H22BrNO4/c1-26-22-11-18(13-25-12-16-5-3-2-4-6-16)9-19(24)23(22)27-14-17-7-8-20-21(10-17)29-15-28-20/h2-11,25H,12-15H2,1H3. The molecule has 150 valence electrons. The van der Waals surface area contributed by atoms with E-state index in [9.17, 15) is 0 Å². The molecule has 0 saturated carbocycles. The minimum absolute atomic E-state index is 0.263. The van der Waals surface area contributed by atoms with E-state index in [0.29, 0.717) is 18.1 Å². The fraction of sp³-hybridized carbons (Fsp3) is 0.217. The normalized spacial score (nSPS) is 12.1. The summed E-state index contributed by atoms with van der Waals surface area (Å²) in [6.45, 7) is 2.20. The Balaban J connectivity index is 1.40.